The highest BCUT2D eigenvalue weighted by Gasteiger charge is 2.09. The van der Waals surface area contributed by atoms with Crippen molar-refractivity contribution < 1.29 is 0 Å². The number of halogens is 1. The molecule has 0 spiro atoms. The predicted molar refractivity (Wildman–Crippen MR) is 80.7 cm³/mol. The second-order valence-corrected chi connectivity index (χ2v) is 4.89. The summed E-state index contributed by atoms with van der Waals surface area (Å²) in [6.45, 7) is 0. The minimum absolute atomic E-state index is 0.711. The monoisotopic (exact) mass is 271 g/mol. The highest BCUT2D eigenvalue weighted by Crippen LogP contribution is 2.26. The summed E-state index contributed by atoms with van der Waals surface area (Å²) in [5, 5.41) is 3.82. The summed E-state index contributed by atoms with van der Waals surface area (Å²) in [6, 6.07) is 14.0. The summed E-state index contributed by atoms with van der Waals surface area (Å²) >= 11 is 6.01. The Morgan fingerprint density at radius 2 is 1.84 bits per heavy atom. The van der Waals surface area contributed by atoms with Crippen molar-refractivity contribution in [3.8, 4) is 11.4 Å². The zero-order valence-electron chi connectivity index (χ0n) is 10.8. The van der Waals surface area contributed by atoms with Crippen molar-refractivity contribution in [1.82, 2.24) is 9.55 Å². The highest BCUT2D eigenvalue weighted by atomic mass is 35.5. The number of nitrogens with one attached hydrogen (secondary N) is 1. The Bertz CT molecular complexity index is 729. The molecule has 0 fully saturated rings. The Hall–Kier alpha value is -2.00. The van der Waals surface area contributed by atoms with Crippen molar-refractivity contribution in [3.63, 3.8) is 0 Å². The van der Waals surface area contributed by atoms with Gasteiger partial charge in [0, 0.05) is 30.4 Å². The molecule has 0 saturated heterocycles. The average molecular weight is 272 g/mol. The van der Waals surface area contributed by atoms with Crippen LogP contribution in [0.3, 0.4) is 0 Å². The van der Waals surface area contributed by atoms with Gasteiger partial charge in [0.2, 0.25) is 0 Å². The van der Waals surface area contributed by atoms with Crippen LogP contribution in [0.1, 0.15) is 0 Å². The number of benzene rings is 2. The van der Waals surface area contributed by atoms with Gasteiger partial charge in [0.05, 0.1) is 11.0 Å². The SMILES string of the molecule is CNc1ccc(-c2nc3cc(Cl)ccc3n2C)cc1. The maximum absolute atomic E-state index is 6.01. The van der Waals surface area contributed by atoms with E-state index in [0.29, 0.717) is 5.02 Å². The molecule has 0 unspecified atom stereocenters. The third-order valence-electron chi connectivity index (χ3n) is 3.27. The molecule has 3 nitrogen and oxygen atoms in total. The van der Waals surface area contributed by atoms with E-state index in [1.165, 1.54) is 0 Å². The number of rotatable bonds is 2. The van der Waals surface area contributed by atoms with Gasteiger partial charge >= 0.3 is 0 Å². The van der Waals surface area contributed by atoms with E-state index in [-0.39, 0.29) is 0 Å². The minimum Gasteiger partial charge on any atom is -0.388 e. The molecule has 0 aliphatic heterocycles. The molecule has 0 aliphatic rings. The van der Waals surface area contributed by atoms with E-state index in [9.17, 15) is 0 Å². The van der Waals surface area contributed by atoms with Gasteiger partial charge in [0.25, 0.3) is 0 Å². The molecule has 4 heteroatoms. The Morgan fingerprint density at radius 3 is 2.53 bits per heavy atom. The Balaban J connectivity index is 2.15. The zero-order chi connectivity index (χ0) is 13.4. The lowest BCUT2D eigenvalue weighted by molar-refractivity contribution is 0.959. The van der Waals surface area contributed by atoms with Gasteiger partial charge in [-0.2, -0.15) is 0 Å². The molecular formula is C15H14ClN3. The Labute approximate surface area is 116 Å². The standard InChI is InChI=1S/C15H14ClN3/c1-17-12-6-3-10(4-7-12)15-18-13-9-11(16)5-8-14(13)19(15)2/h3-9,17H,1-2H3. The van der Waals surface area contributed by atoms with E-state index < -0.39 is 0 Å². The third kappa shape index (κ3) is 2.06. The number of aromatic nitrogens is 2. The summed E-state index contributed by atoms with van der Waals surface area (Å²) in [4.78, 5) is 4.66. The predicted octanol–water partition coefficient (Wildman–Crippen LogP) is 3.94. The minimum atomic E-state index is 0.711. The van der Waals surface area contributed by atoms with E-state index >= 15 is 0 Å². The summed E-state index contributed by atoms with van der Waals surface area (Å²) in [6.07, 6.45) is 0. The zero-order valence-corrected chi connectivity index (χ0v) is 11.6. The maximum Gasteiger partial charge on any atom is 0.140 e. The van der Waals surface area contributed by atoms with Crippen LogP contribution in [0, 0.1) is 0 Å². The summed E-state index contributed by atoms with van der Waals surface area (Å²) < 4.78 is 2.08. The molecule has 3 rings (SSSR count). The normalized spacial score (nSPS) is 10.9. The van der Waals surface area contributed by atoms with Gasteiger partial charge in [-0.25, -0.2) is 4.98 Å². The van der Waals surface area contributed by atoms with E-state index in [0.717, 1.165) is 28.1 Å². The van der Waals surface area contributed by atoms with Crippen LogP contribution in [0.25, 0.3) is 22.4 Å². The van der Waals surface area contributed by atoms with Crippen LogP contribution in [-0.4, -0.2) is 16.6 Å². The number of anilines is 1. The second-order valence-electron chi connectivity index (χ2n) is 4.45. The van der Waals surface area contributed by atoms with E-state index in [4.69, 9.17) is 11.6 Å². The molecule has 0 radical (unpaired) electrons. The van der Waals surface area contributed by atoms with Crippen molar-refractivity contribution in [1.29, 1.82) is 0 Å². The molecule has 1 N–H and O–H groups in total. The van der Waals surface area contributed by atoms with Crippen LogP contribution < -0.4 is 5.32 Å². The summed E-state index contributed by atoms with van der Waals surface area (Å²) in [5.41, 5.74) is 4.18. The molecular weight excluding hydrogens is 258 g/mol. The fraction of sp³-hybridized carbons (Fsp3) is 0.133. The number of imidazole rings is 1. The van der Waals surface area contributed by atoms with Crippen LogP contribution >= 0.6 is 11.6 Å². The van der Waals surface area contributed by atoms with Crippen molar-refractivity contribution in [2.45, 2.75) is 0 Å². The van der Waals surface area contributed by atoms with Crippen LogP contribution in [-0.2, 0) is 7.05 Å². The number of fused-ring (bicyclic) bond motifs is 1. The smallest absolute Gasteiger partial charge is 0.140 e. The van der Waals surface area contributed by atoms with E-state index in [2.05, 4.69) is 27.0 Å². The van der Waals surface area contributed by atoms with E-state index in [1.54, 1.807) is 0 Å². The molecule has 0 saturated carbocycles. The van der Waals surface area contributed by atoms with Gasteiger partial charge in [0.1, 0.15) is 5.82 Å². The molecule has 0 amide bonds. The largest absolute Gasteiger partial charge is 0.388 e. The molecule has 3 aromatic rings. The van der Waals surface area contributed by atoms with Crippen LogP contribution in [0.5, 0.6) is 0 Å². The number of aryl methyl sites for hydroxylation is 1. The lowest BCUT2D eigenvalue weighted by Crippen LogP contribution is -1.93. The van der Waals surface area contributed by atoms with E-state index in [1.807, 2.05) is 44.4 Å². The third-order valence-corrected chi connectivity index (χ3v) is 3.51. The fourth-order valence-corrected chi connectivity index (χ4v) is 2.38. The fourth-order valence-electron chi connectivity index (χ4n) is 2.22. The summed E-state index contributed by atoms with van der Waals surface area (Å²) in [5.74, 6) is 0.944. The number of hydrogen-bond donors (Lipinski definition) is 1. The highest BCUT2D eigenvalue weighted by molar-refractivity contribution is 6.31. The molecule has 2 aromatic carbocycles. The Morgan fingerprint density at radius 1 is 1.11 bits per heavy atom. The first kappa shape index (κ1) is 12.1. The molecule has 1 heterocycles. The van der Waals surface area contributed by atoms with Crippen molar-refractivity contribution in [2.75, 3.05) is 12.4 Å². The quantitative estimate of drug-likeness (QED) is 0.765. The average Bonchev–Trinajstić information content (AvgIpc) is 2.75. The molecule has 0 aliphatic carbocycles. The molecule has 1 aromatic heterocycles. The molecule has 0 atom stereocenters. The van der Waals surface area contributed by atoms with Gasteiger partial charge in [-0.3, -0.25) is 0 Å². The van der Waals surface area contributed by atoms with Gasteiger partial charge < -0.3 is 9.88 Å². The maximum atomic E-state index is 6.01. The molecule has 96 valence electrons. The molecule has 0 bridgehead atoms. The lowest BCUT2D eigenvalue weighted by atomic mass is 10.2. The summed E-state index contributed by atoms with van der Waals surface area (Å²) in [7, 11) is 3.93. The second kappa shape index (κ2) is 4.59. The first-order valence-electron chi connectivity index (χ1n) is 6.09. The van der Waals surface area contributed by atoms with Gasteiger partial charge in [-0.05, 0) is 42.5 Å². The topological polar surface area (TPSA) is 29.9 Å². The van der Waals surface area contributed by atoms with Crippen LogP contribution in [0.15, 0.2) is 42.5 Å². The van der Waals surface area contributed by atoms with Crippen LogP contribution in [0.2, 0.25) is 5.02 Å². The van der Waals surface area contributed by atoms with Crippen molar-refractivity contribution >= 4 is 28.3 Å². The van der Waals surface area contributed by atoms with Crippen LogP contribution in [0.4, 0.5) is 5.69 Å². The van der Waals surface area contributed by atoms with Crippen molar-refractivity contribution in [2.24, 2.45) is 7.05 Å². The van der Waals surface area contributed by atoms with Crippen molar-refractivity contribution in [3.05, 3.63) is 47.5 Å². The lowest BCUT2D eigenvalue weighted by Gasteiger charge is -2.04. The molecule has 19 heavy (non-hydrogen) atoms. The van der Waals surface area contributed by atoms with Gasteiger partial charge in [0.15, 0.2) is 0 Å². The number of nitrogens with zero attached hydrogens (tertiary/aromatic N) is 2. The first-order valence-corrected chi connectivity index (χ1v) is 6.47. The van der Waals surface area contributed by atoms with Gasteiger partial charge in [-0.15, -0.1) is 0 Å². The Kier molecular flexibility index (Phi) is 2.91. The number of hydrogen-bond acceptors (Lipinski definition) is 2. The first-order chi connectivity index (χ1) is 9.19. The van der Waals surface area contributed by atoms with Gasteiger partial charge in [-0.1, -0.05) is 11.6 Å².